The molecule has 0 aliphatic rings. The van der Waals surface area contributed by atoms with E-state index in [0.29, 0.717) is 24.1 Å². The topological polar surface area (TPSA) is 71.7 Å². The van der Waals surface area contributed by atoms with Gasteiger partial charge in [-0.2, -0.15) is 0 Å². The zero-order valence-electron chi connectivity index (χ0n) is 9.96. The molecule has 94 valence electrons. The van der Waals surface area contributed by atoms with Gasteiger partial charge in [-0.1, -0.05) is 17.7 Å². The molecule has 0 spiro atoms. The number of aliphatic imine (C=N–C) groups is 1. The fraction of sp³-hybridized carbons (Fsp3) is 0.364. The Morgan fingerprint density at radius 1 is 1.53 bits per heavy atom. The van der Waals surface area contributed by atoms with Gasteiger partial charge in [-0.05, 0) is 24.6 Å². The van der Waals surface area contributed by atoms with Gasteiger partial charge in [0.1, 0.15) is 0 Å². The first-order chi connectivity index (χ1) is 8.19. The SMILES string of the molecule is COCCN=C(NN)Nc1cccc(Cl)c1C. The van der Waals surface area contributed by atoms with Gasteiger partial charge in [0.25, 0.3) is 0 Å². The van der Waals surface area contributed by atoms with Gasteiger partial charge < -0.3 is 10.1 Å². The summed E-state index contributed by atoms with van der Waals surface area (Å²) in [6.45, 7) is 3.00. The van der Waals surface area contributed by atoms with Gasteiger partial charge in [-0.15, -0.1) is 0 Å². The maximum atomic E-state index is 6.02. The Labute approximate surface area is 106 Å². The lowest BCUT2D eigenvalue weighted by atomic mass is 10.2. The van der Waals surface area contributed by atoms with Crippen LogP contribution in [0.3, 0.4) is 0 Å². The monoisotopic (exact) mass is 256 g/mol. The van der Waals surface area contributed by atoms with Crippen molar-refractivity contribution in [2.45, 2.75) is 6.92 Å². The first-order valence-corrected chi connectivity index (χ1v) is 5.59. The van der Waals surface area contributed by atoms with Crippen LogP contribution >= 0.6 is 11.6 Å². The van der Waals surface area contributed by atoms with Crippen molar-refractivity contribution in [3.05, 3.63) is 28.8 Å². The molecule has 0 aromatic heterocycles. The molecule has 0 fully saturated rings. The number of anilines is 1. The van der Waals surface area contributed by atoms with Crippen LogP contribution in [-0.2, 0) is 4.74 Å². The van der Waals surface area contributed by atoms with Crippen molar-refractivity contribution in [3.8, 4) is 0 Å². The predicted octanol–water partition coefficient (Wildman–Crippen LogP) is 1.53. The Kier molecular flexibility index (Phi) is 5.76. The number of hydrazine groups is 1. The Morgan fingerprint density at radius 2 is 2.29 bits per heavy atom. The second-order valence-corrected chi connectivity index (χ2v) is 3.81. The summed E-state index contributed by atoms with van der Waals surface area (Å²) in [5, 5.41) is 3.77. The molecule has 0 radical (unpaired) electrons. The molecule has 0 saturated heterocycles. The first kappa shape index (κ1) is 13.8. The van der Waals surface area contributed by atoms with Crippen LogP contribution in [-0.4, -0.2) is 26.2 Å². The van der Waals surface area contributed by atoms with E-state index in [1.807, 2.05) is 25.1 Å². The summed E-state index contributed by atoms with van der Waals surface area (Å²) in [6.07, 6.45) is 0. The molecule has 5 nitrogen and oxygen atoms in total. The molecule has 6 heteroatoms. The molecule has 1 rings (SSSR count). The van der Waals surface area contributed by atoms with Crippen molar-refractivity contribution < 1.29 is 4.74 Å². The zero-order valence-corrected chi connectivity index (χ0v) is 10.7. The molecule has 1 aromatic rings. The second kappa shape index (κ2) is 7.11. The molecule has 17 heavy (non-hydrogen) atoms. The van der Waals surface area contributed by atoms with Crippen LogP contribution in [0.15, 0.2) is 23.2 Å². The van der Waals surface area contributed by atoms with E-state index < -0.39 is 0 Å². The first-order valence-electron chi connectivity index (χ1n) is 5.21. The summed E-state index contributed by atoms with van der Waals surface area (Å²) in [6, 6.07) is 5.60. The Balaban J connectivity index is 2.73. The molecular formula is C11H17ClN4O. The van der Waals surface area contributed by atoms with E-state index in [-0.39, 0.29) is 0 Å². The largest absolute Gasteiger partial charge is 0.383 e. The number of ether oxygens (including phenoxy) is 1. The van der Waals surface area contributed by atoms with E-state index in [4.69, 9.17) is 22.2 Å². The molecule has 4 N–H and O–H groups in total. The molecule has 0 aliphatic carbocycles. The second-order valence-electron chi connectivity index (χ2n) is 3.40. The van der Waals surface area contributed by atoms with Crippen LogP contribution < -0.4 is 16.6 Å². The van der Waals surface area contributed by atoms with Crippen molar-refractivity contribution in [1.82, 2.24) is 5.43 Å². The average molecular weight is 257 g/mol. The van der Waals surface area contributed by atoms with Crippen molar-refractivity contribution in [2.75, 3.05) is 25.6 Å². The van der Waals surface area contributed by atoms with Gasteiger partial charge >= 0.3 is 0 Å². The number of methoxy groups -OCH3 is 1. The van der Waals surface area contributed by atoms with Crippen molar-refractivity contribution in [2.24, 2.45) is 10.8 Å². The third kappa shape index (κ3) is 4.22. The molecular weight excluding hydrogens is 240 g/mol. The third-order valence-electron chi connectivity index (χ3n) is 2.22. The smallest absolute Gasteiger partial charge is 0.210 e. The maximum Gasteiger partial charge on any atom is 0.210 e. The predicted molar refractivity (Wildman–Crippen MR) is 71.3 cm³/mol. The highest BCUT2D eigenvalue weighted by molar-refractivity contribution is 6.31. The van der Waals surface area contributed by atoms with E-state index in [2.05, 4.69) is 15.7 Å². The number of hydrogen-bond donors (Lipinski definition) is 3. The number of nitrogens with two attached hydrogens (primary N) is 1. The van der Waals surface area contributed by atoms with Gasteiger partial charge in [0.05, 0.1) is 13.2 Å². The van der Waals surface area contributed by atoms with Gasteiger partial charge in [-0.3, -0.25) is 5.43 Å². The summed E-state index contributed by atoms with van der Waals surface area (Å²) in [5.41, 5.74) is 4.31. The average Bonchev–Trinajstić information content (AvgIpc) is 2.33. The summed E-state index contributed by atoms with van der Waals surface area (Å²) < 4.78 is 4.91. The van der Waals surface area contributed by atoms with Gasteiger partial charge in [0.2, 0.25) is 5.96 Å². The van der Waals surface area contributed by atoms with Gasteiger partial charge in [0.15, 0.2) is 0 Å². The zero-order chi connectivity index (χ0) is 12.7. The normalized spacial score (nSPS) is 11.4. The molecule has 0 unspecified atom stereocenters. The van der Waals surface area contributed by atoms with Crippen LogP contribution in [0.2, 0.25) is 5.02 Å². The standard InChI is InChI=1S/C11H17ClN4O/c1-8-9(12)4-3-5-10(8)15-11(16-13)14-6-7-17-2/h3-5H,6-7,13H2,1-2H3,(H2,14,15,16). The van der Waals surface area contributed by atoms with Crippen LogP contribution in [0.25, 0.3) is 0 Å². The van der Waals surface area contributed by atoms with E-state index in [9.17, 15) is 0 Å². The minimum Gasteiger partial charge on any atom is -0.383 e. The minimum absolute atomic E-state index is 0.479. The molecule has 0 aliphatic heterocycles. The number of halogens is 1. The Hall–Kier alpha value is -1.30. The highest BCUT2D eigenvalue weighted by Gasteiger charge is 2.03. The van der Waals surface area contributed by atoms with E-state index >= 15 is 0 Å². The van der Waals surface area contributed by atoms with Crippen molar-refractivity contribution in [3.63, 3.8) is 0 Å². The molecule has 0 saturated carbocycles. The molecule has 0 amide bonds. The van der Waals surface area contributed by atoms with Crippen molar-refractivity contribution >= 4 is 23.2 Å². The lowest BCUT2D eigenvalue weighted by molar-refractivity contribution is 0.208. The van der Waals surface area contributed by atoms with E-state index in [1.165, 1.54) is 0 Å². The number of hydrogen-bond acceptors (Lipinski definition) is 3. The summed E-state index contributed by atoms with van der Waals surface area (Å²) in [7, 11) is 1.62. The maximum absolute atomic E-state index is 6.02. The third-order valence-corrected chi connectivity index (χ3v) is 2.63. The van der Waals surface area contributed by atoms with Crippen LogP contribution in [0.4, 0.5) is 5.69 Å². The van der Waals surface area contributed by atoms with Gasteiger partial charge in [-0.25, -0.2) is 10.8 Å². The van der Waals surface area contributed by atoms with E-state index in [0.717, 1.165) is 11.3 Å². The highest BCUT2D eigenvalue weighted by atomic mass is 35.5. The van der Waals surface area contributed by atoms with Crippen LogP contribution in [0.1, 0.15) is 5.56 Å². The number of nitrogens with one attached hydrogen (secondary N) is 2. The lowest BCUT2D eigenvalue weighted by Crippen LogP contribution is -2.36. The van der Waals surface area contributed by atoms with Gasteiger partial charge in [0, 0.05) is 17.8 Å². The number of nitrogens with zero attached hydrogens (tertiary/aromatic N) is 1. The minimum atomic E-state index is 0.479. The fourth-order valence-electron chi connectivity index (χ4n) is 1.24. The number of rotatable bonds is 4. The van der Waals surface area contributed by atoms with Crippen LogP contribution in [0, 0.1) is 6.92 Å². The Morgan fingerprint density at radius 3 is 2.94 bits per heavy atom. The summed E-state index contributed by atoms with van der Waals surface area (Å²) >= 11 is 6.02. The quantitative estimate of drug-likeness (QED) is 0.251. The fourth-order valence-corrected chi connectivity index (χ4v) is 1.41. The van der Waals surface area contributed by atoms with Crippen LogP contribution in [0.5, 0.6) is 0 Å². The Bertz CT molecular complexity index is 395. The summed E-state index contributed by atoms with van der Waals surface area (Å²) in [5.74, 6) is 5.85. The summed E-state index contributed by atoms with van der Waals surface area (Å²) in [4.78, 5) is 4.20. The molecule has 0 heterocycles. The van der Waals surface area contributed by atoms with Crippen molar-refractivity contribution in [1.29, 1.82) is 0 Å². The molecule has 0 atom stereocenters. The number of guanidine groups is 1. The highest BCUT2D eigenvalue weighted by Crippen LogP contribution is 2.22. The number of benzene rings is 1. The van der Waals surface area contributed by atoms with E-state index in [1.54, 1.807) is 7.11 Å². The molecule has 0 bridgehead atoms. The lowest BCUT2D eigenvalue weighted by Gasteiger charge is -2.12. The molecule has 1 aromatic carbocycles.